The van der Waals surface area contributed by atoms with E-state index in [4.69, 9.17) is 9.47 Å². The van der Waals surface area contributed by atoms with E-state index in [1.165, 1.54) is 19.2 Å². The topological polar surface area (TPSA) is 35.5 Å². The second-order valence-electron chi connectivity index (χ2n) is 4.81. The summed E-state index contributed by atoms with van der Waals surface area (Å²) in [6, 6.07) is 5.77. The molecule has 1 aromatic rings. The highest BCUT2D eigenvalue weighted by molar-refractivity contribution is 5.78. The zero-order valence-electron chi connectivity index (χ0n) is 10.1. The molecule has 1 fully saturated rings. The van der Waals surface area contributed by atoms with Crippen molar-refractivity contribution in [2.45, 2.75) is 20.0 Å². The van der Waals surface area contributed by atoms with Gasteiger partial charge in [-0.2, -0.15) is 0 Å². The number of methoxy groups -OCH3 is 1. The molecule has 2 atom stereocenters. The molecular formula is C13H15FO3. The Labute approximate surface area is 99.5 Å². The van der Waals surface area contributed by atoms with E-state index in [-0.39, 0.29) is 29.2 Å². The van der Waals surface area contributed by atoms with Gasteiger partial charge in [-0.3, -0.25) is 4.79 Å². The van der Waals surface area contributed by atoms with E-state index in [9.17, 15) is 9.18 Å². The van der Waals surface area contributed by atoms with Gasteiger partial charge in [0, 0.05) is 5.41 Å². The zero-order chi connectivity index (χ0) is 12.6. The maximum Gasteiger partial charge on any atom is 0.313 e. The number of benzene rings is 1. The van der Waals surface area contributed by atoms with Crippen LogP contribution in [0.15, 0.2) is 24.3 Å². The van der Waals surface area contributed by atoms with Crippen molar-refractivity contribution in [1.29, 1.82) is 0 Å². The van der Waals surface area contributed by atoms with Gasteiger partial charge in [0.2, 0.25) is 0 Å². The van der Waals surface area contributed by atoms with E-state index in [2.05, 4.69) is 0 Å². The molecule has 1 aromatic carbocycles. The second kappa shape index (κ2) is 4.02. The summed E-state index contributed by atoms with van der Waals surface area (Å²) in [7, 11) is 1.37. The number of hydrogen-bond donors (Lipinski definition) is 0. The highest BCUT2D eigenvalue weighted by atomic mass is 19.1. The van der Waals surface area contributed by atoms with Gasteiger partial charge in [-0.15, -0.1) is 0 Å². The number of carbonyl (C=O) groups excluding carboxylic acids is 1. The van der Waals surface area contributed by atoms with Crippen molar-refractivity contribution in [3.05, 3.63) is 30.1 Å². The molecule has 0 spiro atoms. The first-order valence-corrected chi connectivity index (χ1v) is 5.47. The Balaban J connectivity index is 2.06. The van der Waals surface area contributed by atoms with Crippen LogP contribution in [0, 0.1) is 17.2 Å². The van der Waals surface area contributed by atoms with Crippen LogP contribution >= 0.6 is 0 Å². The predicted molar refractivity (Wildman–Crippen MR) is 60.1 cm³/mol. The molecule has 0 radical (unpaired) electrons. The molecule has 0 N–H and O–H groups in total. The zero-order valence-corrected chi connectivity index (χ0v) is 10.1. The van der Waals surface area contributed by atoms with Crippen LogP contribution in [0.1, 0.15) is 13.8 Å². The SMILES string of the molecule is COC(=O)C1C(Oc2ccc(F)cc2)C1(C)C. The lowest BCUT2D eigenvalue weighted by Crippen LogP contribution is -2.10. The van der Waals surface area contributed by atoms with Gasteiger partial charge in [-0.25, -0.2) is 4.39 Å². The van der Waals surface area contributed by atoms with Crippen LogP contribution in [0.4, 0.5) is 4.39 Å². The molecule has 2 unspecified atom stereocenters. The molecule has 2 rings (SSSR count). The lowest BCUT2D eigenvalue weighted by molar-refractivity contribution is -0.143. The first kappa shape index (κ1) is 11.9. The summed E-state index contributed by atoms with van der Waals surface area (Å²) in [5.41, 5.74) is -0.235. The summed E-state index contributed by atoms with van der Waals surface area (Å²) in [4.78, 5) is 11.5. The second-order valence-corrected chi connectivity index (χ2v) is 4.81. The van der Waals surface area contributed by atoms with E-state index in [0.717, 1.165) is 0 Å². The minimum absolute atomic E-state index is 0.208. The molecule has 17 heavy (non-hydrogen) atoms. The number of carbonyl (C=O) groups is 1. The van der Waals surface area contributed by atoms with E-state index in [0.29, 0.717) is 5.75 Å². The van der Waals surface area contributed by atoms with Crippen molar-refractivity contribution < 1.29 is 18.7 Å². The summed E-state index contributed by atoms with van der Waals surface area (Å²) in [5.74, 6) is -0.257. The van der Waals surface area contributed by atoms with Gasteiger partial charge < -0.3 is 9.47 Å². The molecule has 0 bridgehead atoms. The summed E-state index contributed by atoms with van der Waals surface area (Å²) in [6.07, 6.45) is -0.208. The summed E-state index contributed by atoms with van der Waals surface area (Å²) < 4.78 is 23.1. The Kier molecular flexibility index (Phi) is 2.81. The lowest BCUT2D eigenvalue weighted by Gasteiger charge is -2.06. The van der Waals surface area contributed by atoms with Crippen LogP contribution in [0.2, 0.25) is 0 Å². The van der Waals surface area contributed by atoms with Crippen LogP contribution in [0.3, 0.4) is 0 Å². The third-order valence-corrected chi connectivity index (χ3v) is 3.26. The van der Waals surface area contributed by atoms with Crippen molar-refractivity contribution in [3.63, 3.8) is 0 Å². The minimum Gasteiger partial charge on any atom is -0.489 e. The standard InChI is InChI=1S/C13H15FO3/c1-13(2)10(12(15)16-3)11(13)17-9-6-4-8(14)5-7-9/h4-7,10-11H,1-3H3. The Bertz CT molecular complexity index is 425. The van der Waals surface area contributed by atoms with E-state index in [1.54, 1.807) is 12.1 Å². The van der Waals surface area contributed by atoms with Gasteiger partial charge in [-0.1, -0.05) is 13.8 Å². The average molecular weight is 238 g/mol. The van der Waals surface area contributed by atoms with Crippen LogP contribution < -0.4 is 4.74 Å². The molecule has 0 amide bonds. The fourth-order valence-corrected chi connectivity index (χ4v) is 2.02. The molecule has 4 heteroatoms. The van der Waals surface area contributed by atoms with E-state index < -0.39 is 0 Å². The smallest absolute Gasteiger partial charge is 0.313 e. The van der Waals surface area contributed by atoms with Crippen molar-refractivity contribution in [2.75, 3.05) is 7.11 Å². The fraction of sp³-hybridized carbons (Fsp3) is 0.462. The van der Waals surface area contributed by atoms with Crippen LogP contribution in [-0.2, 0) is 9.53 Å². The molecule has 0 saturated heterocycles. The molecule has 92 valence electrons. The van der Waals surface area contributed by atoms with Crippen LogP contribution in [0.5, 0.6) is 5.75 Å². The molecule has 3 nitrogen and oxygen atoms in total. The van der Waals surface area contributed by atoms with Crippen molar-refractivity contribution >= 4 is 5.97 Å². The summed E-state index contributed by atoms with van der Waals surface area (Å²) >= 11 is 0. The molecule has 1 aliphatic carbocycles. The number of ether oxygens (including phenoxy) is 2. The highest BCUT2D eigenvalue weighted by Gasteiger charge is 2.65. The number of halogens is 1. The molecular weight excluding hydrogens is 223 g/mol. The fourth-order valence-electron chi connectivity index (χ4n) is 2.02. The maximum atomic E-state index is 12.7. The Morgan fingerprint density at radius 1 is 1.29 bits per heavy atom. The van der Waals surface area contributed by atoms with Gasteiger partial charge in [0.1, 0.15) is 23.6 Å². The maximum absolute atomic E-state index is 12.7. The summed E-state index contributed by atoms with van der Waals surface area (Å²) in [6.45, 7) is 3.89. The number of esters is 1. The van der Waals surface area contributed by atoms with Gasteiger partial charge in [-0.05, 0) is 24.3 Å². The van der Waals surface area contributed by atoms with Crippen molar-refractivity contribution in [1.82, 2.24) is 0 Å². The largest absolute Gasteiger partial charge is 0.489 e. The first-order chi connectivity index (χ1) is 7.96. The van der Waals surface area contributed by atoms with Crippen molar-refractivity contribution in [2.24, 2.45) is 11.3 Å². The average Bonchev–Trinajstić information content (AvgIpc) is 2.83. The predicted octanol–water partition coefficient (Wildman–Crippen LogP) is 2.40. The monoisotopic (exact) mass is 238 g/mol. The minimum atomic E-state index is -0.308. The van der Waals surface area contributed by atoms with Crippen molar-refractivity contribution in [3.8, 4) is 5.75 Å². The van der Waals surface area contributed by atoms with Gasteiger partial charge >= 0.3 is 5.97 Å². The van der Waals surface area contributed by atoms with E-state index in [1.807, 2.05) is 13.8 Å². The van der Waals surface area contributed by atoms with E-state index >= 15 is 0 Å². The molecule has 1 saturated carbocycles. The first-order valence-electron chi connectivity index (χ1n) is 5.47. The van der Waals surface area contributed by atoms with Gasteiger partial charge in [0.25, 0.3) is 0 Å². The molecule has 0 heterocycles. The Hall–Kier alpha value is -1.58. The van der Waals surface area contributed by atoms with Gasteiger partial charge in [0.05, 0.1) is 7.11 Å². The molecule has 1 aliphatic rings. The third kappa shape index (κ3) is 2.12. The molecule has 0 aromatic heterocycles. The lowest BCUT2D eigenvalue weighted by atomic mass is 10.1. The van der Waals surface area contributed by atoms with Gasteiger partial charge in [0.15, 0.2) is 0 Å². The van der Waals surface area contributed by atoms with Crippen LogP contribution in [0.25, 0.3) is 0 Å². The van der Waals surface area contributed by atoms with Crippen LogP contribution in [-0.4, -0.2) is 19.2 Å². The normalized spacial score (nSPS) is 25.2. The Morgan fingerprint density at radius 3 is 2.41 bits per heavy atom. The quantitative estimate of drug-likeness (QED) is 0.758. The highest BCUT2D eigenvalue weighted by Crippen LogP contribution is 2.54. The number of rotatable bonds is 3. The summed E-state index contributed by atoms with van der Waals surface area (Å²) in [5, 5.41) is 0. The Morgan fingerprint density at radius 2 is 1.88 bits per heavy atom. The third-order valence-electron chi connectivity index (χ3n) is 3.26. The number of hydrogen-bond acceptors (Lipinski definition) is 3. The molecule has 0 aliphatic heterocycles.